The summed E-state index contributed by atoms with van der Waals surface area (Å²) in [5.74, 6) is -0.356. The number of morpholine rings is 1. The lowest BCUT2D eigenvalue weighted by molar-refractivity contribution is -0.144. The van der Waals surface area contributed by atoms with Gasteiger partial charge in [0.1, 0.15) is 12.7 Å². The number of esters is 1. The highest BCUT2D eigenvalue weighted by Gasteiger charge is 2.15. The number of rotatable bonds is 4. The number of aliphatic hydroxyl groups is 1. The average Bonchev–Trinajstić information content (AvgIpc) is 2.16. The molecule has 1 saturated heterocycles. The average molecular weight is 203 g/mol. The third-order valence-electron chi connectivity index (χ3n) is 2.05. The number of β-amino-alcohol motifs (C(OH)–C–C–N with tert-alkyl or cyclic N) is 1. The van der Waals surface area contributed by atoms with Crippen molar-refractivity contribution in [2.45, 2.75) is 13.0 Å². The topological polar surface area (TPSA) is 59.0 Å². The normalized spacial score (nSPS) is 20.4. The lowest BCUT2D eigenvalue weighted by Crippen LogP contribution is -2.42. The molecule has 82 valence electrons. The summed E-state index contributed by atoms with van der Waals surface area (Å²) in [4.78, 5) is 12.6. The molecule has 0 saturated carbocycles. The van der Waals surface area contributed by atoms with Gasteiger partial charge in [-0.1, -0.05) is 0 Å². The zero-order valence-corrected chi connectivity index (χ0v) is 8.44. The van der Waals surface area contributed by atoms with Gasteiger partial charge in [0, 0.05) is 26.6 Å². The molecule has 0 aromatic heterocycles. The Balaban J connectivity index is 2.11. The van der Waals surface area contributed by atoms with E-state index in [0.717, 1.165) is 13.1 Å². The van der Waals surface area contributed by atoms with E-state index in [0.29, 0.717) is 19.8 Å². The van der Waals surface area contributed by atoms with Crippen LogP contribution in [-0.2, 0) is 14.3 Å². The van der Waals surface area contributed by atoms with Gasteiger partial charge in [-0.15, -0.1) is 0 Å². The fraction of sp³-hybridized carbons (Fsp3) is 0.889. The molecule has 0 spiro atoms. The van der Waals surface area contributed by atoms with Crippen LogP contribution in [0.3, 0.4) is 0 Å². The second-order valence-electron chi connectivity index (χ2n) is 3.37. The maximum Gasteiger partial charge on any atom is 0.302 e. The third-order valence-corrected chi connectivity index (χ3v) is 2.05. The van der Waals surface area contributed by atoms with E-state index in [1.807, 2.05) is 0 Å². The fourth-order valence-corrected chi connectivity index (χ4v) is 1.35. The van der Waals surface area contributed by atoms with Crippen molar-refractivity contribution < 1.29 is 19.4 Å². The number of nitrogens with zero attached hydrogens (tertiary/aromatic N) is 1. The molecule has 1 fully saturated rings. The Bertz CT molecular complexity index is 180. The predicted octanol–water partition coefficient (Wildman–Crippen LogP) is -0.757. The van der Waals surface area contributed by atoms with Gasteiger partial charge in [-0.2, -0.15) is 0 Å². The largest absolute Gasteiger partial charge is 0.463 e. The van der Waals surface area contributed by atoms with Crippen molar-refractivity contribution >= 4 is 5.97 Å². The van der Waals surface area contributed by atoms with Crippen molar-refractivity contribution in [2.75, 3.05) is 39.5 Å². The number of carbonyl (C=O) groups is 1. The van der Waals surface area contributed by atoms with Crippen LogP contribution >= 0.6 is 0 Å². The standard InChI is InChI=1S/C9H17NO4/c1-8(11)14-7-9(12)6-10-2-4-13-5-3-10/h9,12H,2-7H2,1H3. The minimum absolute atomic E-state index is 0.0761. The molecule has 1 aliphatic heterocycles. The molecule has 0 aliphatic carbocycles. The molecule has 0 radical (unpaired) electrons. The van der Waals surface area contributed by atoms with Gasteiger partial charge in [-0.25, -0.2) is 0 Å². The van der Waals surface area contributed by atoms with Gasteiger partial charge in [0.15, 0.2) is 0 Å². The molecule has 0 aromatic carbocycles. The van der Waals surface area contributed by atoms with E-state index in [2.05, 4.69) is 4.90 Å². The molecule has 0 amide bonds. The monoisotopic (exact) mass is 203 g/mol. The number of ether oxygens (including phenoxy) is 2. The van der Waals surface area contributed by atoms with E-state index < -0.39 is 6.10 Å². The Hall–Kier alpha value is -0.650. The van der Waals surface area contributed by atoms with Crippen LogP contribution in [0.5, 0.6) is 0 Å². The molecule has 1 atom stereocenters. The molecular weight excluding hydrogens is 186 g/mol. The Morgan fingerprint density at radius 1 is 1.57 bits per heavy atom. The van der Waals surface area contributed by atoms with Gasteiger partial charge in [0.05, 0.1) is 13.2 Å². The minimum atomic E-state index is -0.600. The molecule has 0 bridgehead atoms. The molecule has 1 unspecified atom stereocenters. The molecule has 5 heteroatoms. The van der Waals surface area contributed by atoms with Crippen LogP contribution in [0.25, 0.3) is 0 Å². The van der Waals surface area contributed by atoms with E-state index >= 15 is 0 Å². The van der Waals surface area contributed by atoms with Gasteiger partial charge in [-0.05, 0) is 0 Å². The van der Waals surface area contributed by atoms with Crippen LogP contribution in [0.4, 0.5) is 0 Å². The lowest BCUT2D eigenvalue weighted by Gasteiger charge is -2.28. The van der Waals surface area contributed by atoms with E-state index in [9.17, 15) is 9.90 Å². The highest BCUT2D eigenvalue weighted by molar-refractivity contribution is 5.65. The van der Waals surface area contributed by atoms with Crippen LogP contribution < -0.4 is 0 Å². The van der Waals surface area contributed by atoms with Gasteiger partial charge in [0.2, 0.25) is 0 Å². The molecular formula is C9H17NO4. The van der Waals surface area contributed by atoms with Gasteiger partial charge in [-0.3, -0.25) is 9.69 Å². The van der Waals surface area contributed by atoms with Crippen molar-refractivity contribution in [3.8, 4) is 0 Å². The van der Waals surface area contributed by atoms with Crippen LogP contribution in [0, 0.1) is 0 Å². The Kier molecular flexibility index (Phi) is 4.86. The van der Waals surface area contributed by atoms with E-state index in [1.54, 1.807) is 0 Å². The van der Waals surface area contributed by atoms with Crippen LogP contribution in [0.15, 0.2) is 0 Å². The van der Waals surface area contributed by atoms with Crippen molar-refractivity contribution in [1.29, 1.82) is 0 Å². The summed E-state index contributed by atoms with van der Waals surface area (Å²) in [5.41, 5.74) is 0. The van der Waals surface area contributed by atoms with E-state index in [-0.39, 0.29) is 12.6 Å². The first kappa shape index (κ1) is 11.4. The number of hydrogen-bond acceptors (Lipinski definition) is 5. The summed E-state index contributed by atoms with van der Waals surface area (Å²) in [7, 11) is 0. The Morgan fingerprint density at radius 3 is 2.79 bits per heavy atom. The van der Waals surface area contributed by atoms with Gasteiger partial charge in [0.25, 0.3) is 0 Å². The molecule has 0 aromatic rings. The molecule has 5 nitrogen and oxygen atoms in total. The highest BCUT2D eigenvalue weighted by Crippen LogP contribution is 1.99. The smallest absolute Gasteiger partial charge is 0.302 e. The molecule has 1 rings (SSSR count). The predicted molar refractivity (Wildman–Crippen MR) is 49.9 cm³/mol. The lowest BCUT2D eigenvalue weighted by atomic mass is 10.3. The zero-order chi connectivity index (χ0) is 10.4. The minimum Gasteiger partial charge on any atom is -0.463 e. The van der Waals surface area contributed by atoms with Crippen molar-refractivity contribution in [1.82, 2.24) is 4.90 Å². The quantitative estimate of drug-likeness (QED) is 0.609. The number of hydrogen-bond donors (Lipinski definition) is 1. The molecule has 1 aliphatic rings. The first-order chi connectivity index (χ1) is 6.68. The van der Waals surface area contributed by atoms with Crippen LogP contribution in [-0.4, -0.2) is 61.5 Å². The number of aliphatic hydroxyl groups excluding tert-OH is 1. The van der Waals surface area contributed by atoms with Gasteiger partial charge < -0.3 is 14.6 Å². The summed E-state index contributed by atoms with van der Waals surface area (Å²) < 4.78 is 9.87. The summed E-state index contributed by atoms with van der Waals surface area (Å²) in [5, 5.41) is 9.49. The number of carbonyl (C=O) groups excluding carboxylic acids is 1. The maximum atomic E-state index is 10.5. The summed E-state index contributed by atoms with van der Waals surface area (Å²) in [6.45, 7) is 5.03. The molecule has 1 N–H and O–H groups in total. The highest BCUT2D eigenvalue weighted by atomic mass is 16.5. The van der Waals surface area contributed by atoms with Gasteiger partial charge >= 0.3 is 5.97 Å². The van der Waals surface area contributed by atoms with E-state index in [4.69, 9.17) is 9.47 Å². The first-order valence-electron chi connectivity index (χ1n) is 4.80. The zero-order valence-electron chi connectivity index (χ0n) is 8.44. The second-order valence-corrected chi connectivity index (χ2v) is 3.37. The summed E-state index contributed by atoms with van der Waals surface area (Å²) >= 11 is 0. The fourth-order valence-electron chi connectivity index (χ4n) is 1.35. The Morgan fingerprint density at radius 2 is 2.21 bits per heavy atom. The Labute approximate surface area is 83.6 Å². The second kappa shape index (κ2) is 5.95. The summed E-state index contributed by atoms with van der Waals surface area (Å²) in [6, 6.07) is 0. The third kappa shape index (κ3) is 4.55. The van der Waals surface area contributed by atoms with Crippen LogP contribution in [0.2, 0.25) is 0 Å². The van der Waals surface area contributed by atoms with Crippen LogP contribution in [0.1, 0.15) is 6.92 Å². The molecule has 14 heavy (non-hydrogen) atoms. The van der Waals surface area contributed by atoms with E-state index in [1.165, 1.54) is 6.92 Å². The molecule has 1 heterocycles. The first-order valence-corrected chi connectivity index (χ1v) is 4.80. The SMILES string of the molecule is CC(=O)OCC(O)CN1CCOCC1. The van der Waals surface area contributed by atoms with Crippen molar-refractivity contribution in [3.05, 3.63) is 0 Å². The summed E-state index contributed by atoms with van der Waals surface area (Å²) in [6.07, 6.45) is -0.600. The maximum absolute atomic E-state index is 10.5. The van der Waals surface area contributed by atoms with Crippen molar-refractivity contribution in [3.63, 3.8) is 0 Å². The van der Waals surface area contributed by atoms with Crippen molar-refractivity contribution in [2.24, 2.45) is 0 Å².